The highest BCUT2D eigenvalue weighted by atomic mass is 32.2. The molecule has 6 aromatic carbocycles. The number of urea groups is 1. The van der Waals surface area contributed by atoms with Crippen molar-refractivity contribution >= 4 is 45.0 Å². The number of benzene rings is 6. The predicted molar refractivity (Wildman–Crippen MR) is 219 cm³/mol. The van der Waals surface area contributed by atoms with E-state index in [1.807, 2.05) is 121 Å². The Morgan fingerprint density at radius 3 is 2.31 bits per heavy atom. The molecule has 8 nitrogen and oxygen atoms in total. The molecule has 8 rings (SSSR count). The monoisotopic (exact) mass is 765 g/mol. The van der Waals surface area contributed by atoms with Crippen LogP contribution in [0.5, 0.6) is 11.5 Å². The number of amides is 2. The van der Waals surface area contributed by atoms with Crippen molar-refractivity contribution in [3.63, 3.8) is 0 Å². The first-order valence-corrected chi connectivity index (χ1v) is 19.9. The van der Waals surface area contributed by atoms with E-state index in [-0.39, 0.29) is 24.8 Å². The first-order valence-electron chi connectivity index (χ1n) is 18.1. The van der Waals surface area contributed by atoms with Crippen LogP contribution in [-0.2, 0) is 22.6 Å². The fourth-order valence-corrected chi connectivity index (χ4v) is 8.53. The molecule has 1 aliphatic rings. The molecule has 1 aromatic heterocycles. The lowest BCUT2D eigenvalue weighted by Gasteiger charge is -2.36. The van der Waals surface area contributed by atoms with Crippen LogP contribution in [0.15, 0.2) is 156 Å². The zero-order valence-corrected chi connectivity index (χ0v) is 31.5. The van der Waals surface area contributed by atoms with Crippen molar-refractivity contribution in [1.82, 2.24) is 10.3 Å². The number of aromatic nitrogens is 1. The van der Waals surface area contributed by atoms with E-state index in [0.29, 0.717) is 24.4 Å². The SMILES string of the molecule is O=C(NCc1cccc(-c2cccc(C3OC(CSc4nc5ccccc5s4)CC(c4ccc(CO)cc4)O3)c2)c1)Nc1ccc(Oc2ccccc2)cc1. The number of fused-ring (bicyclic) bond motifs is 1. The normalized spacial score (nSPS) is 16.8. The van der Waals surface area contributed by atoms with Crippen molar-refractivity contribution in [3.8, 4) is 22.6 Å². The Bertz CT molecular complexity index is 2320. The second kappa shape index (κ2) is 17.3. The van der Waals surface area contributed by atoms with E-state index in [1.54, 1.807) is 23.1 Å². The molecule has 0 aliphatic carbocycles. The topological polar surface area (TPSA) is 102 Å². The van der Waals surface area contributed by atoms with Gasteiger partial charge in [-0.15, -0.1) is 11.3 Å². The van der Waals surface area contributed by atoms with Gasteiger partial charge >= 0.3 is 6.03 Å². The summed E-state index contributed by atoms with van der Waals surface area (Å²) in [6.07, 6.45) is -0.145. The Balaban J connectivity index is 0.926. The van der Waals surface area contributed by atoms with Gasteiger partial charge in [-0.25, -0.2) is 9.78 Å². The van der Waals surface area contributed by atoms with Crippen molar-refractivity contribution in [3.05, 3.63) is 174 Å². The van der Waals surface area contributed by atoms with E-state index in [2.05, 4.69) is 41.0 Å². The number of ether oxygens (including phenoxy) is 3. The van der Waals surface area contributed by atoms with E-state index in [9.17, 15) is 9.90 Å². The Morgan fingerprint density at radius 1 is 0.764 bits per heavy atom. The molecule has 7 aromatic rings. The van der Waals surface area contributed by atoms with Gasteiger partial charge in [-0.1, -0.05) is 103 Å². The summed E-state index contributed by atoms with van der Waals surface area (Å²) in [5.41, 5.74) is 7.52. The van der Waals surface area contributed by atoms with Crippen LogP contribution in [0.4, 0.5) is 10.5 Å². The zero-order chi connectivity index (χ0) is 37.4. The van der Waals surface area contributed by atoms with Gasteiger partial charge in [-0.05, 0) is 88.5 Å². The number of nitrogens with one attached hydrogen (secondary N) is 2. The summed E-state index contributed by atoms with van der Waals surface area (Å²) in [5, 5.41) is 15.5. The minimum absolute atomic E-state index is 0.00327. The number of thioether (sulfide) groups is 1. The molecule has 2 heterocycles. The summed E-state index contributed by atoms with van der Waals surface area (Å²) in [6.45, 7) is 0.352. The second-order valence-electron chi connectivity index (χ2n) is 13.2. The highest BCUT2D eigenvalue weighted by molar-refractivity contribution is 8.01. The molecule has 276 valence electrons. The molecule has 0 bridgehead atoms. The first-order chi connectivity index (χ1) is 27.0. The Kier molecular flexibility index (Phi) is 11.5. The summed E-state index contributed by atoms with van der Waals surface area (Å²) >= 11 is 3.42. The first kappa shape index (κ1) is 36.5. The lowest BCUT2D eigenvalue weighted by Crippen LogP contribution is -2.31. The quantitative estimate of drug-likeness (QED) is 0.106. The molecule has 1 aliphatic heterocycles. The predicted octanol–water partition coefficient (Wildman–Crippen LogP) is 10.9. The maximum Gasteiger partial charge on any atom is 0.319 e. The third-order valence-electron chi connectivity index (χ3n) is 9.25. The largest absolute Gasteiger partial charge is 0.457 e. The van der Waals surface area contributed by atoms with Crippen molar-refractivity contribution < 1.29 is 24.1 Å². The molecular weight excluding hydrogens is 727 g/mol. The van der Waals surface area contributed by atoms with Crippen molar-refractivity contribution in [2.24, 2.45) is 0 Å². The van der Waals surface area contributed by atoms with Gasteiger partial charge in [0.1, 0.15) is 11.5 Å². The number of aliphatic hydroxyl groups excluding tert-OH is 1. The molecular formula is C45H39N3O5S2. The molecule has 0 spiro atoms. The maximum absolute atomic E-state index is 12.8. The summed E-state index contributed by atoms with van der Waals surface area (Å²) in [7, 11) is 0. The minimum atomic E-state index is -0.579. The molecule has 55 heavy (non-hydrogen) atoms. The average molecular weight is 766 g/mol. The highest BCUT2D eigenvalue weighted by Gasteiger charge is 2.32. The van der Waals surface area contributed by atoms with Gasteiger partial charge in [0.15, 0.2) is 10.6 Å². The second-order valence-corrected chi connectivity index (χ2v) is 15.5. The zero-order valence-electron chi connectivity index (χ0n) is 29.8. The third kappa shape index (κ3) is 9.43. The molecule has 1 fully saturated rings. The van der Waals surface area contributed by atoms with Gasteiger partial charge in [0.2, 0.25) is 0 Å². The van der Waals surface area contributed by atoms with Gasteiger partial charge in [0.25, 0.3) is 0 Å². The number of hydrogen-bond acceptors (Lipinski definition) is 8. The molecule has 3 N–H and O–H groups in total. The van der Waals surface area contributed by atoms with E-state index < -0.39 is 6.29 Å². The Labute approximate surface area is 328 Å². The van der Waals surface area contributed by atoms with Gasteiger partial charge in [0, 0.05) is 30.0 Å². The molecule has 1 saturated heterocycles. The molecule has 10 heteroatoms. The van der Waals surface area contributed by atoms with Gasteiger partial charge < -0.3 is 30.0 Å². The van der Waals surface area contributed by atoms with E-state index in [4.69, 9.17) is 19.2 Å². The van der Waals surface area contributed by atoms with Crippen molar-refractivity contribution in [2.75, 3.05) is 11.1 Å². The summed E-state index contributed by atoms with van der Waals surface area (Å²) in [4.78, 5) is 17.6. The van der Waals surface area contributed by atoms with E-state index in [0.717, 1.165) is 54.7 Å². The third-order valence-corrected chi connectivity index (χ3v) is 11.6. The van der Waals surface area contributed by atoms with Crippen LogP contribution in [0, 0.1) is 0 Å². The smallest absolute Gasteiger partial charge is 0.319 e. The maximum atomic E-state index is 12.8. The van der Waals surface area contributed by atoms with Crippen LogP contribution in [0.1, 0.15) is 41.1 Å². The number of rotatable bonds is 12. The van der Waals surface area contributed by atoms with Crippen molar-refractivity contribution in [2.45, 2.75) is 42.4 Å². The lowest BCUT2D eigenvalue weighted by atomic mass is 9.99. The number of para-hydroxylation sites is 2. The highest BCUT2D eigenvalue weighted by Crippen LogP contribution is 2.41. The number of anilines is 1. The van der Waals surface area contributed by atoms with Crippen LogP contribution in [-0.4, -0.2) is 28.0 Å². The number of thiazole rings is 1. The molecule has 0 saturated carbocycles. The average Bonchev–Trinajstić information content (AvgIpc) is 3.67. The van der Waals surface area contributed by atoms with Crippen LogP contribution in [0.3, 0.4) is 0 Å². The van der Waals surface area contributed by atoms with Gasteiger partial charge in [0.05, 0.1) is 29.0 Å². The Morgan fingerprint density at radius 2 is 1.51 bits per heavy atom. The minimum Gasteiger partial charge on any atom is -0.457 e. The van der Waals surface area contributed by atoms with Gasteiger partial charge in [-0.3, -0.25) is 0 Å². The fourth-order valence-electron chi connectivity index (χ4n) is 6.41. The van der Waals surface area contributed by atoms with E-state index in [1.165, 1.54) is 4.70 Å². The summed E-state index contributed by atoms with van der Waals surface area (Å²) < 4.78 is 21.4. The molecule has 2 amide bonds. The summed E-state index contributed by atoms with van der Waals surface area (Å²) in [6, 6.07) is 49.1. The number of hydrogen-bond donors (Lipinski definition) is 3. The number of aliphatic hydroxyl groups is 1. The molecule has 0 radical (unpaired) electrons. The van der Waals surface area contributed by atoms with E-state index >= 15 is 0 Å². The van der Waals surface area contributed by atoms with Crippen LogP contribution >= 0.6 is 23.1 Å². The Hall–Kier alpha value is -5.49. The summed E-state index contributed by atoms with van der Waals surface area (Å²) in [5.74, 6) is 2.18. The standard InChI is InChI=1S/C45H39N3O5S2/c49-28-30-16-18-32(19-17-30)41-26-39(29-54-45-48-40-14-4-5-15-42(40)55-45)52-43(53-41)35-11-7-10-34(25-35)33-9-6-8-31(24-33)27-46-44(50)47-36-20-22-38(23-21-36)51-37-12-2-1-3-13-37/h1-25,39,41,43,49H,26-29H2,(H2,46,47,50). The van der Waals surface area contributed by atoms with Gasteiger partial charge in [-0.2, -0.15) is 0 Å². The number of carbonyl (C=O) groups is 1. The van der Waals surface area contributed by atoms with Crippen LogP contribution in [0.2, 0.25) is 0 Å². The molecule has 3 unspecified atom stereocenters. The molecule has 3 atom stereocenters. The van der Waals surface area contributed by atoms with Crippen LogP contribution < -0.4 is 15.4 Å². The fraction of sp³-hybridized carbons (Fsp3) is 0.156. The number of nitrogens with zero attached hydrogens (tertiary/aromatic N) is 1. The van der Waals surface area contributed by atoms with Crippen LogP contribution in [0.25, 0.3) is 21.3 Å². The lowest BCUT2D eigenvalue weighted by molar-refractivity contribution is -0.245. The van der Waals surface area contributed by atoms with Crippen molar-refractivity contribution in [1.29, 1.82) is 0 Å². The number of carbonyl (C=O) groups excluding carboxylic acids is 1.